The Bertz CT molecular complexity index is 238. The van der Waals surface area contributed by atoms with Gasteiger partial charge in [0.15, 0.2) is 0 Å². The molecular weight excluding hydrogens is 172 g/mol. The van der Waals surface area contributed by atoms with E-state index in [4.69, 9.17) is 4.74 Å². The van der Waals surface area contributed by atoms with Crippen molar-refractivity contribution in [1.82, 2.24) is 0 Å². The van der Waals surface area contributed by atoms with Crippen LogP contribution in [0.15, 0.2) is 0 Å². The summed E-state index contributed by atoms with van der Waals surface area (Å²) in [5, 5.41) is 0. The van der Waals surface area contributed by atoms with Crippen LogP contribution in [0.25, 0.3) is 0 Å². The van der Waals surface area contributed by atoms with Crippen molar-refractivity contribution in [2.75, 3.05) is 7.11 Å². The summed E-state index contributed by atoms with van der Waals surface area (Å²) in [6.07, 6.45) is 1.14. The van der Waals surface area contributed by atoms with Gasteiger partial charge in [-0.25, -0.2) is 0 Å². The van der Waals surface area contributed by atoms with E-state index in [1.807, 2.05) is 7.11 Å². The van der Waals surface area contributed by atoms with Gasteiger partial charge in [-0.2, -0.15) is 0 Å². The minimum absolute atomic E-state index is 0. The molecule has 1 nitrogen and oxygen atoms in total. The van der Waals surface area contributed by atoms with Gasteiger partial charge in [0.25, 0.3) is 0 Å². The van der Waals surface area contributed by atoms with Crippen molar-refractivity contribution in [2.45, 2.75) is 60.5 Å². The SMILES string of the molecule is COC1(C)CC(C)(C)C(C)(C)C1(C)C. The molecule has 1 atom stereocenters. The van der Waals surface area contributed by atoms with E-state index in [1.54, 1.807) is 0 Å². The van der Waals surface area contributed by atoms with E-state index >= 15 is 0 Å². The standard InChI is InChI=1S/C13H26O/c1-10(2)9-13(7,14-8)12(5,6)11(10,3)4/h9H2,1-8H3. The van der Waals surface area contributed by atoms with Crippen LogP contribution in [0.3, 0.4) is 0 Å². The van der Waals surface area contributed by atoms with Crippen LogP contribution in [-0.4, -0.2) is 12.7 Å². The van der Waals surface area contributed by atoms with E-state index in [0.29, 0.717) is 10.8 Å². The van der Waals surface area contributed by atoms with Crippen LogP contribution >= 0.6 is 0 Å². The molecule has 14 heavy (non-hydrogen) atoms. The van der Waals surface area contributed by atoms with Crippen molar-refractivity contribution in [1.29, 1.82) is 0 Å². The highest BCUT2D eigenvalue weighted by molar-refractivity contribution is 5.14. The third-order valence-electron chi connectivity index (χ3n) is 5.81. The molecule has 0 spiro atoms. The van der Waals surface area contributed by atoms with Crippen molar-refractivity contribution in [2.24, 2.45) is 16.2 Å². The highest BCUT2D eigenvalue weighted by atomic mass is 16.5. The van der Waals surface area contributed by atoms with Gasteiger partial charge in [-0.1, -0.05) is 41.5 Å². The predicted molar refractivity (Wildman–Crippen MR) is 61.4 cm³/mol. The van der Waals surface area contributed by atoms with Crippen LogP contribution in [-0.2, 0) is 4.74 Å². The fraction of sp³-hybridized carbons (Fsp3) is 1.00. The Kier molecular flexibility index (Phi) is 2.36. The highest BCUT2D eigenvalue weighted by Crippen LogP contribution is 2.67. The molecule has 1 aliphatic rings. The number of methoxy groups -OCH3 is 1. The summed E-state index contributed by atoms with van der Waals surface area (Å²) in [5.74, 6) is 0. The zero-order chi connectivity index (χ0) is 11.4. The first kappa shape index (κ1) is 12.0. The second-order valence-electron chi connectivity index (χ2n) is 6.75. The molecule has 1 fully saturated rings. The summed E-state index contributed by atoms with van der Waals surface area (Å²) in [5.41, 5.74) is 0.838. The molecule has 0 aliphatic heterocycles. The normalized spacial score (nSPS) is 38.6. The molecule has 1 saturated carbocycles. The molecule has 84 valence electrons. The lowest BCUT2D eigenvalue weighted by molar-refractivity contribution is -0.0954. The fourth-order valence-corrected chi connectivity index (χ4v) is 3.12. The Morgan fingerprint density at radius 2 is 1.21 bits per heavy atom. The molecule has 0 heterocycles. The maximum atomic E-state index is 5.79. The molecule has 0 N–H and O–H groups in total. The molecule has 0 amide bonds. The van der Waals surface area contributed by atoms with Crippen LogP contribution in [0.5, 0.6) is 0 Å². The maximum Gasteiger partial charge on any atom is 0.0712 e. The predicted octanol–water partition coefficient (Wildman–Crippen LogP) is 3.87. The molecule has 0 aromatic heterocycles. The van der Waals surface area contributed by atoms with E-state index in [1.165, 1.54) is 0 Å². The Morgan fingerprint density at radius 3 is 1.36 bits per heavy atom. The van der Waals surface area contributed by atoms with Crippen molar-refractivity contribution in [3.63, 3.8) is 0 Å². The Hall–Kier alpha value is -0.0400. The molecule has 0 aromatic rings. The second kappa shape index (κ2) is 2.75. The zero-order valence-electron chi connectivity index (χ0n) is 11.1. The Labute approximate surface area is 89.2 Å². The van der Waals surface area contributed by atoms with Gasteiger partial charge in [-0.05, 0) is 29.6 Å². The summed E-state index contributed by atoms with van der Waals surface area (Å²) in [4.78, 5) is 0. The van der Waals surface area contributed by atoms with Crippen LogP contribution in [0.2, 0.25) is 0 Å². The zero-order valence-corrected chi connectivity index (χ0v) is 11.1. The first-order valence-electron chi connectivity index (χ1n) is 5.57. The van der Waals surface area contributed by atoms with Gasteiger partial charge >= 0.3 is 0 Å². The molecule has 1 aliphatic carbocycles. The van der Waals surface area contributed by atoms with Crippen molar-refractivity contribution < 1.29 is 4.74 Å². The summed E-state index contributed by atoms with van der Waals surface area (Å²) in [6, 6.07) is 0. The van der Waals surface area contributed by atoms with E-state index in [9.17, 15) is 0 Å². The average Bonchev–Trinajstić information content (AvgIpc) is 2.09. The molecule has 0 radical (unpaired) electrons. The highest BCUT2D eigenvalue weighted by Gasteiger charge is 2.64. The van der Waals surface area contributed by atoms with Crippen molar-refractivity contribution in [3.05, 3.63) is 0 Å². The first-order chi connectivity index (χ1) is 6.02. The lowest BCUT2D eigenvalue weighted by atomic mass is 9.59. The molecule has 0 bridgehead atoms. The number of rotatable bonds is 1. The van der Waals surface area contributed by atoms with Crippen LogP contribution in [0.4, 0.5) is 0 Å². The number of hydrogen-bond acceptors (Lipinski definition) is 1. The largest absolute Gasteiger partial charge is 0.378 e. The topological polar surface area (TPSA) is 9.23 Å². The Balaban J connectivity index is 3.25. The maximum absolute atomic E-state index is 5.79. The second-order valence-corrected chi connectivity index (χ2v) is 6.75. The van der Waals surface area contributed by atoms with Gasteiger partial charge in [-0.3, -0.25) is 0 Å². The average molecular weight is 198 g/mol. The lowest BCUT2D eigenvalue weighted by Crippen LogP contribution is -2.46. The third kappa shape index (κ3) is 1.11. The third-order valence-corrected chi connectivity index (χ3v) is 5.81. The van der Waals surface area contributed by atoms with Gasteiger partial charge in [0, 0.05) is 7.11 Å². The molecule has 0 saturated heterocycles. The van der Waals surface area contributed by atoms with Crippen LogP contribution < -0.4 is 0 Å². The van der Waals surface area contributed by atoms with Crippen molar-refractivity contribution >= 4 is 0 Å². The molecule has 1 rings (SSSR count). The molecule has 1 unspecified atom stereocenters. The minimum Gasteiger partial charge on any atom is -0.378 e. The van der Waals surface area contributed by atoms with Gasteiger partial charge < -0.3 is 4.74 Å². The summed E-state index contributed by atoms with van der Waals surface area (Å²) < 4.78 is 5.79. The van der Waals surface area contributed by atoms with Gasteiger partial charge in [0.2, 0.25) is 0 Å². The van der Waals surface area contributed by atoms with E-state index in [2.05, 4.69) is 48.5 Å². The summed E-state index contributed by atoms with van der Waals surface area (Å²) in [6.45, 7) is 16.4. The Morgan fingerprint density at radius 1 is 0.786 bits per heavy atom. The summed E-state index contributed by atoms with van der Waals surface area (Å²) in [7, 11) is 1.85. The smallest absolute Gasteiger partial charge is 0.0712 e. The number of hydrogen-bond donors (Lipinski definition) is 0. The van der Waals surface area contributed by atoms with Crippen LogP contribution in [0, 0.1) is 16.2 Å². The minimum atomic E-state index is 0. The molecule has 0 aromatic carbocycles. The fourth-order valence-electron chi connectivity index (χ4n) is 3.12. The quantitative estimate of drug-likeness (QED) is 0.621. The molecular formula is C13H26O. The van der Waals surface area contributed by atoms with Gasteiger partial charge in [0.05, 0.1) is 5.60 Å². The molecule has 1 heteroatoms. The van der Waals surface area contributed by atoms with Crippen molar-refractivity contribution in [3.8, 4) is 0 Å². The van der Waals surface area contributed by atoms with E-state index in [-0.39, 0.29) is 11.0 Å². The van der Waals surface area contributed by atoms with Crippen LogP contribution in [0.1, 0.15) is 54.9 Å². The monoisotopic (exact) mass is 198 g/mol. The lowest BCUT2D eigenvalue weighted by Gasteiger charge is -2.47. The van der Waals surface area contributed by atoms with Gasteiger partial charge in [-0.15, -0.1) is 0 Å². The van der Waals surface area contributed by atoms with E-state index in [0.717, 1.165) is 6.42 Å². The number of ether oxygens (including phenoxy) is 1. The van der Waals surface area contributed by atoms with Gasteiger partial charge in [0.1, 0.15) is 0 Å². The summed E-state index contributed by atoms with van der Waals surface area (Å²) >= 11 is 0. The van der Waals surface area contributed by atoms with E-state index < -0.39 is 0 Å². The first-order valence-corrected chi connectivity index (χ1v) is 5.57.